The van der Waals surface area contributed by atoms with Gasteiger partial charge in [-0.2, -0.15) is 0 Å². The molecule has 3 heteroatoms. The van der Waals surface area contributed by atoms with Crippen molar-refractivity contribution < 1.29 is 9.84 Å². The Morgan fingerprint density at radius 2 is 2.40 bits per heavy atom. The maximum Gasteiger partial charge on any atom is 0.186 e. The van der Waals surface area contributed by atoms with Gasteiger partial charge >= 0.3 is 0 Å². The molecular formula is C7H7NO2. The Labute approximate surface area is 58.3 Å². The smallest absolute Gasteiger partial charge is 0.186 e. The zero-order valence-electron chi connectivity index (χ0n) is 5.27. The lowest BCUT2D eigenvalue weighted by atomic mass is 10.2. The Bertz CT molecular complexity index is 224. The van der Waals surface area contributed by atoms with Crippen molar-refractivity contribution in [2.75, 3.05) is 0 Å². The van der Waals surface area contributed by atoms with Gasteiger partial charge in [0.2, 0.25) is 0 Å². The predicted octanol–water partition coefficient (Wildman–Crippen LogP) is 0.471. The van der Waals surface area contributed by atoms with E-state index < -0.39 is 6.29 Å². The van der Waals surface area contributed by atoms with Crippen molar-refractivity contribution in [1.82, 2.24) is 4.98 Å². The van der Waals surface area contributed by atoms with Crippen LogP contribution in [0.5, 0.6) is 0 Å². The lowest BCUT2D eigenvalue weighted by Crippen LogP contribution is -1.85. The summed E-state index contributed by atoms with van der Waals surface area (Å²) in [6.45, 7) is 0. The number of ether oxygens (including phenoxy) is 1. The second kappa shape index (κ2) is 2.04. The first-order valence-electron chi connectivity index (χ1n) is 3.11. The first kappa shape index (κ1) is 5.82. The number of hydrogen-bond donors (Lipinski definition) is 1. The van der Waals surface area contributed by atoms with Crippen LogP contribution in [0.15, 0.2) is 24.5 Å². The Kier molecular flexibility index (Phi) is 1.19. The van der Waals surface area contributed by atoms with Crippen molar-refractivity contribution in [2.24, 2.45) is 0 Å². The van der Waals surface area contributed by atoms with E-state index in [0.29, 0.717) is 0 Å². The Balaban J connectivity index is 2.20. The molecule has 10 heavy (non-hydrogen) atoms. The summed E-state index contributed by atoms with van der Waals surface area (Å²) in [5, 5.41) is 8.83. The van der Waals surface area contributed by atoms with Crippen LogP contribution in [0.3, 0.4) is 0 Å². The largest absolute Gasteiger partial charge is 0.366 e. The highest BCUT2D eigenvalue weighted by Gasteiger charge is 2.38. The SMILES string of the molecule is OC1O[C@@H]1c1cccnc1. The van der Waals surface area contributed by atoms with Crippen LogP contribution in [-0.4, -0.2) is 16.4 Å². The summed E-state index contributed by atoms with van der Waals surface area (Å²) in [5.74, 6) is 0. The number of rotatable bonds is 1. The molecule has 1 aromatic rings. The molecule has 52 valence electrons. The van der Waals surface area contributed by atoms with E-state index in [1.54, 1.807) is 12.4 Å². The molecule has 1 N–H and O–H groups in total. The normalized spacial score (nSPS) is 30.1. The summed E-state index contributed by atoms with van der Waals surface area (Å²) in [5.41, 5.74) is 0.940. The van der Waals surface area contributed by atoms with Gasteiger partial charge in [-0.15, -0.1) is 0 Å². The van der Waals surface area contributed by atoms with Crippen LogP contribution >= 0.6 is 0 Å². The molecule has 1 aromatic heterocycles. The van der Waals surface area contributed by atoms with Crippen LogP contribution in [0.4, 0.5) is 0 Å². The van der Waals surface area contributed by atoms with Gasteiger partial charge in [-0.25, -0.2) is 0 Å². The third-order valence-corrected chi connectivity index (χ3v) is 1.48. The lowest BCUT2D eigenvalue weighted by molar-refractivity contribution is 0.156. The van der Waals surface area contributed by atoms with E-state index in [-0.39, 0.29) is 6.10 Å². The maximum atomic E-state index is 8.83. The van der Waals surface area contributed by atoms with Gasteiger partial charge in [0.05, 0.1) is 0 Å². The molecule has 1 aliphatic heterocycles. The van der Waals surface area contributed by atoms with Crippen molar-refractivity contribution in [3.63, 3.8) is 0 Å². The third kappa shape index (κ3) is 0.894. The number of aromatic nitrogens is 1. The summed E-state index contributed by atoms with van der Waals surface area (Å²) in [4.78, 5) is 3.89. The molecule has 0 saturated carbocycles. The van der Waals surface area contributed by atoms with Gasteiger partial charge in [-0.05, 0) is 6.07 Å². The summed E-state index contributed by atoms with van der Waals surface area (Å²) < 4.78 is 4.82. The van der Waals surface area contributed by atoms with Gasteiger partial charge in [0.1, 0.15) is 6.10 Å². The monoisotopic (exact) mass is 137 g/mol. The highest BCUT2D eigenvalue weighted by molar-refractivity contribution is 5.16. The van der Waals surface area contributed by atoms with Crippen LogP contribution < -0.4 is 0 Å². The molecule has 2 heterocycles. The minimum absolute atomic E-state index is 0.131. The molecule has 3 nitrogen and oxygen atoms in total. The molecule has 0 aromatic carbocycles. The number of epoxide rings is 1. The topological polar surface area (TPSA) is 45.6 Å². The molecule has 1 saturated heterocycles. The van der Waals surface area contributed by atoms with Crippen molar-refractivity contribution in [3.05, 3.63) is 30.1 Å². The van der Waals surface area contributed by atoms with Gasteiger partial charge in [0.25, 0.3) is 0 Å². The number of pyridine rings is 1. The van der Waals surface area contributed by atoms with Crippen molar-refractivity contribution in [3.8, 4) is 0 Å². The van der Waals surface area contributed by atoms with E-state index >= 15 is 0 Å². The molecule has 1 fully saturated rings. The first-order valence-corrected chi connectivity index (χ1v) is 3.11. The molecule has 0 radical (unpaired) electrons. The first-order chi connectivity index (χ1) is 4.88. The summed E-state index contributed by atoms with van der Waals surface area (Å²) in [6.07, 6.45) is 2.65. The number of hydrogen-bond acceptors (Lipinski definition) is 3. The van der Waals surface area contributed by atoms with E-state index in [1.165, 1.54) is 0 Å². The number of aliphatic hydroxyl groups excluding tert-OH is 1. The third-order valence-electron chi connectivity index (χ3n) is 1.48. The highest BCUT2D eigenvalue weighted by Crippen LogP contribution is 2.35. The molecule has 0 bridgehead atoms. The molecule has 2 atom stereocenters. The van der Waals surface area contributed by atoms with E-state index in [2.05, 4.69) is 4.98 Å². The molecule has 2 rings (SSSR count). The molecule has 0 aliphatic carbocycles. The number of aliphatic hydroxyl groups is 1. The van der Waals surface area contributed by atoms with Gasteiger partial charge < -0.3 is 9.84 Å². The summed E-state index contributed by atoms with van der Waals surface area (Å²) in [6, 6.07) is 3.71. The lowest BCUT2D eigenvalue weighted by Gasteiger charge is -1.89. The molecular weight excluding hydrogens is 130 g/mol. The fourth-order valence-electron chi connectivity index (χ4n) is 0.892. The van der Waals surface area contributed by atoms with Crippen LogP contribution in [0, 0.1) is 0 Å². The molecule has 1 aliphatic rings. The standard InChI is InChI=1S/C7H7NO2/c9-7-6(10-7)5-2-1-3-8-4-5/h1-4,6-7,9H/t6-,7?/m1/s1. The fourth-order valence-corrected chi connectivity index (χ4v) is 0.892. The molecule has 1 unspecified atom stereocenters. The molecule has 0 spiro atoms. The van der Waals surface area contributed by atoms with Gasteiger partial charge in [0, 0.05) is 18.0 Å². The van der Waals surface area contributed by atoms with Crippen LogP contribution in [-0.2, 0) is 4.74 Å². The van der Waals surface area contributed by atoms with Crippen molar-refractivity contribution >= 4 is 0 Å². The van der Waals surface area contributed by atoms with Crippen LogP contribution in [0.2, 0.25) is 0 Å². The van der Waals surface area contributed by atoms with E-state index in [4.69, 9.17) is 9.84 Å². The van der Waals surface area contributed by atoms with Crippen LogP contribution in [0.25, 0.3) is 0 Å². The highest BCUT2D eigenvalue weighted by atomic mass is 16.7. The van der Waals surface area contributed by atoms with E-state index in [1.807, 2.05) is 12.1 Å². The van der Waals surface area contributed by atoms with Gasteiger partial charge in [-0.1, -0.05) is 6.07 Å². The average molecular weight is 137 g/mol. The zero-order chi connectivity index (χ0) is 6.97. The van der Waals surface area contributed by atoms with Crippen molar-refractivity contribution in [1.29, 1.82) is 0 Å². The Morgan fingerprint density at radius 1 is 1.60 bits per heavy atom. The molecule has 0 amide bonds. The second-order valence-electron chi connectivity index (χ2n) is 2.23. The van der Waals surface area contributed by atoms with Crippen molar-refractivity contribution in [2.45, 2.75) is 12.4 Å². The van der Waals surface area contributed by atoms with Gasteiger partial charge in [-0.3, -0.25) is 4.98 Å². The Hall–Kier alpha value is -0.930. The Morgan fingerprint density at radius 3 is 2.90 bits per heavy atom. The number of nitrogens with zero attached hydrogens (tertiary/aromatic N) is 1. The summed E-state index contributed by atoms with van der Waals surface area (Å²) >= 11 is 0. The van der Waals surface area contributed by atoms with Gasteiger partial charge in [0.15, 0.2) is 6.29 Å². The quantitative estimate of drug-likeness (QED) is 0.572. The van der Waals surface area contributed by atoms with E-state index in [9.17, 15) is 0 Å². The zero-order valence-corrected chi connectivity index (χ0v) is 5.27. The fraction of sp³-hybridized carbons (Fsp3) is 0.286. The van der Waals surface area contributed by atoms with Crippen LogP contribution in [0.1, 0.15) is 11.7 Å². The second-order valence-corrected chi connectivity index (χ2v) is 2.23. The predicted molar refractivity (Wildman–Crippen MR) is 34.1 cm³/mol. The average Bonchev–Trinajstić information content (AvgIpc) is 2.69. The summed E-state index contributed by atoms with van der Waals surface area (Å²) in [7, 11) is 0. The minimum atomic E-state index is -0.607. The maximum absolute atomic E-state index is 8.83. The minimum Gasteiger partial charge on any atom is -0.366 e. The van der Waals surface area contributed by atoms with E-state index in [0.717, 1.165) is 5.56 Å².